The van der Waals surface area contributed by atoms with Gasteiger partial charge in [0.15, 0.2) is 0 Å². The van der Waals surface area contributed by atoms with Crippen molar-refractivity contribution in [2.24, 2.45) is 0 Å². The Morgan fingerprint density at radius 2 is 1.88 bits per heavy atom. The monoisotopic (exact) mass is 321 g/mol. The number of hydrogen-bond donors (Lipinski definition) is 2. The van der Waals surface area contributed by atoms with Crippen molar-refractivity contribution in [3.63, 3.8) is 0 Å². The number of nitrogens with one attached hydrogen (secondary N) is 1. The summed E-state index contributed by atoms with van der Waals surface area (Å²) in [7, 11) is 1.64. The first-order valence-electron chi connectivity index (χ1n) is 7.56. The zero-order chi connectivity index (χ0) is 16.9. The predicted octanol–water partition coefficient (Wildman–Crippen LogP) is 4.52. The molecule has 0 bridgehead atoms. The summed E-state index contributed by atoms with van der Waals surface area (Å²) in [6.07, 6.45) is 1.70. The van der Waals surface area contributed by atoms with Crippen molar-refractivity contribution in [2.45, 2.75) is 6.92 Å². The number of methoxy groups -OCH3 is 1. The number of aromatic nitrogens is 1. The smallest absolute Gasteiger partial charge is 0.219 e. The van der Waals surface area contributed by atoms with Crippen molar-refractivity contribution in [1.82, 2.24) is 4.98 Å². The van der Waals surface area contributed by atoms with Crippen molar-refractivity contribution >= 4 is 17.1 Å². The molecule has 0 amide bonds. The molecule has 24 heavy (non-hydrogen) atoms. The molecule has 0 aliphatic carbocycles. The van der Waals surface area contributed by atoms with Gasteiger partial charge in [-0.2, -0.15) is 0 Å². The highest BCUT2D eigenvalue weighted by Crippen LogP contribution is 2.28. The maximum absolute atomic E-state index is 5.92. The van der Waals surface area contributed by atoms with E-state index in [2.05, 4.69) is 10.3 Å². The fourth-order valence-corrected chi connectivity index (χ4v) is 2.27. The van der Waals surface area contributed by atoms with Gasteiger partial charge >= 0.3 is 0 Å². The van der Waals surface area contributed by atoms with Crippen molar-refractivity contribution in [3.05, 3.63) is 66.4 Å². The number of anilines is 3. The maximum atomic E-state index is 5.92. The number of hydrogen-bond acceptors (Lipinski definition) is 5. The molecule has 3 aromatic rings. The van der Waals surface area contributed by atoms with Crippen molar-refractivity contribution < 1.29 is 9.47 Å². The molecule has 0 radical (unpaired) electrons. The average Bonchev–Trinajstić information content (AvgIpc) is 2.60. The van der Waals surface area contributed by atoms with Gasteiger partial charge in [0.2, 0.25) is 5.88 Å². The number of pyridine rings is 1. The van der Waals surface area contributed by atoms with Crippen LogP contribution in [-0.2, 0) is 0 Å². The third kappa shape index (κ3) is 3.57. The van der Waals surface area contributed by atoms with Crippen LogP contribution in [0.3, 0.4) is 0 Å². The van der Waals surface area contributed by atoms with Gasteiger partial charge < -0.3 is 20.5 Å². The van der Waals surface area contributed by atoms with Crippen LogP contribution in [0.5, 0.6) is 17.4 Å². The van der Waals surface area contributed by atoms with Crippen LogP contribution in [0.4, 0.5) is 17.1 Å². The van der Waals surface area contributed by atoms with E-state index >= 15 is 0 Å². The number of ether oxygens (including phenoxy) is 2. The Morgan fingerprint density at radius 3 is 2.58 bits per heavy atom. The van der Waals surface area contributed by atoms with E-state index in [-0.39, 0.29) is 0 Å². The van der Waals surface area contributed by atoms with Crippen molar-refractivity contribution in [2.75, 3.05) is 18.2 Å². The molecule has 0 atom stereocenters. The van der Waals surface area contributed by atoms with Crippen LogP contribution in [0.1, 0.15) is 5.56 Å². The Bertz CT molecular complexity index is 832. The molecule has 0 saturated carbocycles. The molecular weight excluding hydrogens is 302 g/mol. The standard InChI is InChI=1S/C19H19N3O2/c1-13-7-9-15(11-18(13)23-2)24-19-10-8-14(12-21-19)22-17-6-4-3-5-16(17)20/h3-12,22H,20H2,1-2H3. The molecule has 1 heterocycles. The molecule has 122 valence electrons. The van der Waals surface area contributed by atoms with E-state index in [0.717, 1.165) is 22.7 Å². The van der Waals surface area contributed by atoms with Gasteiger partial charge in [0, 0.05) is 12.1 Å². The molecule has 0 aliphatic rings. The normalized spacial score (nSPS) is 10.2. The molecule has 5 heteroatoms. The van der Waals surface area contributed by atoms with Gasteiger partial charge in [-0.1, -0.05) is 18.2 Å². The SMILES string of the molecule is COc1cc(Oc2ccc(Nc3ccccc3N)cn2)ccc1C. The average molecular weight is 321 g/mol. The fraction of sp³-hybridized carbons (Fsp3) is 0.105. The van der Waals surface area contributed by atoms with E-state index in [1.54, 1.807) is 19.4 Å². The third-order valence-electron chi connectivity index (χ3n) is 3.58. The maximum Gasteiger partial charge on any atom is 0.219 e. The highest BCUT2D eigenvalue weighted by Gasteiger charge is 2.04. The summed E-state index contributed by atoms with van der Waals surface area (Å²) in [4.78, 5) is 4.31. The van der Waals surface area contributed by atoms with E-state index in [1.807, 2.05) is 55.5 Å². The second kappa shape index (κ2) is 6.91. The van der Waals surface area contributed by atoms with Crippen molar-refractivity contribution in [1.29, 1.82) is 0 Å². The molecule has 0 spiro atoms. The minimum absolute atomic E-state index is 0.507. The molecule has 0 unspecified atom stereocenters. The van der Waals surface area contributed by atoms with E-state index in [0.29, 0.717) is 17.3 Å². The third-order valence-corrected chi connectivity index (χ3v) is 3.58. The number of aryl methyl sites for hydroxylation is 1. The number of benzene rings is 2. The second-order valence-corrected chi connectivity index (χ2v) is 5.33. The highest BCUT2D eigenvalue weighted by atomic mass is 16.5. The van der Waals surface area contributed by atoms with Gasteiger partial charge in [0.05, 0.1) is 30.4 Å². The Kier molecular flexibility index (Phi) is 4.52. The van der Waals surface area contributed by atoms with Crippen molar-refractivity contribution in [3.8, 4) is 17.4 Å². The minimum atomic E-state index is 0.507. The van der Waals surface area contributed by atoms with Gasteiger partial charge in [-0.25, -0.2) is 4.98 Å². The zero-order valence-corrected chi connectivity index (χ0v) is 13.6. The number of rotatable bonds is 5. The van der Waals surface area contributed by atoms with Crippen LogP contribution in [0.15, 0.2) is 60.8 Å². The van der Waals surface area contributed by atoms with Crippen LogP contribution >= 0.6 is 0 Å². The summed E-state index contributed by atoms with van der Waals surface area (Å²) < 4.78 is 11.1. The molecule has 3 rings (SSSR count). The topological polar surface area (TPSA) is 69.4 Å². The summed E-state index contributed by atoms with van der Waals surface area (Å²) in [6, 6.07) is 16.9. The number of nitrogens with zero attached hydrogens (tertiary/aromatic N) is 1. The van der Waals surface area contributed by atoms with Gasteiger partial charge in [-0.05, 0) is 36.8 Å². The minimum Gasteiger partial charge on any atom is -0.496 e. The highest BCUT2D eigenvalue weighted by molar-refractivity contribution is 5.72. The fourth-order valence-electron chi connectivity index (χ4n) is 2.27. The number of nitrogens with two attached hydrogens (primary N) is 1. The molecular formula is C19H19N3O2. The second-order valence-electron chi connectivity index (χ2n) is 5.33. The Morgan fingerprint density at radius 1 is 1.04 bits per heavy atom. The Labute approximate surface area is 141 Å². The summed E-state index contributed by atoms with van der Waals surface area (Å²) in [5, 5.41) is 3.23. The van der Waals surface area contributed by atoms with Gasteiger partial charge in [-0.3, -0.25) is 0 Å². The molecule has 5 nitrogen and oxygen atoms in total. The van der Waals surface area contributed by atoms with Crippen LogP contribution in [0.2, 0.25) is 0 Å². The quantitative estimate of drug-likeness (QED) is 0.676. The Balaban J connectivity index is 1.72. The molecule has 3 N–H and O–H groups in total. The van der Waals surface area contributed by atoms with E-state index in [1.165, 1.54) is 0 Å². The Hall–Kier alpha value is -3.21. The van der Waals surface area contributed by atoms with Gasteiger partial charge in [0.1, 0.15) is 11.5 Å². The zero-order valence-electron chi connectivity index (χ0n) is 13.6. The lowest BCUT2D eigenvalue weighted by Gasteiger charge is -2.11. The van der Waals surface area contributed by atoms with Gasteiger partial charge in [0.25, 0.3) is 0 Å². The van der Waals surface area contributed by atoms with E-state index in [4.69, 9.17) is 15.2 Å². The van der Waals surface area contributed by atoms with Crippen LogP contribution in [0.25, 0.3) is 0 Å². The summed E-state index contributed by atoms with van der Waals surface area (Å²) in [5.41, 5.74) is 9.34. The lowest BCUT2D eigenvalue weighted by atomic mass is 10.2. The lowest BCUT2D eigenvalue weighted by Crippen LogP contribution is -1.96. The molecule has 2 aromatic carbocycles. The summed E-state index contributed by atoms with van der Waals surface area (Å²) in [6.45, 7) is 1.98. The predicted molar refractivity (Wildman–Crippen MR) is 96.2 cm³/mol. The van der Waals surface area contributed by atoms with Crippen LogP contribution in [-0.4, -0.2) is 12.1 Å². The molecule has 0 fully saturated rings. The molecule has 0 aliphatic heterocycles. The summed E-state index contributed by atoms with van der Waals surface area (Å²) >= 11 is 0. The first-order valence-corrected chi connectivity index (χ1v) is 7.56. The largest absolute Gasteiger partial charge is 0.496 e. The first kappa shape index (κ1) is 15.7. The number of nitrogen functional groups attached to an aromatic ring is 1. The molecule has 1 aromatic heterocycles. The number of para-hydroxylation sites is 2. The lowest BCUT2D eigenvalue weighted by molar-refractivity contribution is 0.404. The molecule has 0 saturated heterocycles. The van der Waals surface area contributed by atoms with Crippen LogP contribution in [0, 0.1) is 6.92 Å². The van der Waals surface area contributed by atoms with Crippen LogP contribution < -0.4 is 20.5 Å². The van der Waals surface area contributed by atoms with Gasteiger partial charge in [-0.15, -0.1) is 0 Å². The van der Waals surface area contributed by atoms with E-state index < -0.39 is 0 Å². The first-order chi connectivity index (χ1) is 11.7. The van der Waals surface area contributed by atoms with E-state index in [9.17, 15) is 0 Å². The summed E-state index contributed by atoms with van der Waals surface area (Å²) in [5.74, 6) is 1.97.